The van der Waals surface area contributed by atoms with Gasteiger partial charge in [0.05, 0.1) is 23.9 Å². The average Bonchev–Trinajstić information content (AvgIpc) is 2.88. The summed E-state index contributed by atoms with van der Waals surface area (Å²) in [5.74, 6) is -2.72. The summed E-state index contributed by atoms with van der Waals surface area (Å²) in [6.45, 7) is 10.4. The standard InChI is InChI=1S/C18H26Cl3NO6/c1-6-17(22-14(24)18(19,20)21)8-13(27-10(2)23)16(5,25)7-11(17)12-9-26-15(3,4)28-12/h6,11-13,25H,1,7-9H2,2-5H3,(H,22,24)/t11-,12-,13-,16+,17+/m1/s1. The molecule has 1 heterocycles. The van der Waals surface area contributed by atoms with Crippen molar-refractivity contribution in [2.75, 3.05) is 6.61 Å². The summed E-state index contributed by atoms with van der Waals surface area (Å²) in [6.07, 6.45) is 0.271. The number of esters is 1. The first-order valence-corrected chi connectivity index (χ1v) is 9.99. The fourth-order valence-electron chi connectivity index (χ4n) is 3.89. The second kappa shape index (κ2) is 7.93. The SMILES string of the molecule is C=C[C@]1(NC(=O)C(Cl)(Cl)Cl)C[C@@H](OC(C)=O)[C@@](C)(O)C[C@@H]1[C@H]1COC(C)(C)O1. The number of hydrogen-bond acceptors (Lipinski definition) is 6. The van der Waals surface area contributed by atoms with Gasteiger partial charge in [0.25, 0.3) is 9.70 Å². The Morgan fingerprint density at radius 2 is 1.89 bits per heavy atom. The smallest absolute Gasteiger partial charge is 0.303 e. The van der Waals surface area contributed by atoms with Crippen LogP contribution in [0.25, 0.3) is 0 Å². The van der Waals surface area contributed by atoms with E-state index in [1.807, 2.05) is 0 Å². The van der Waals surface area contributed by atoms with Gasteiger partial charge in [0.1, 0.15) is 6.10 Å². The van der Waals surface area contributed by atoms with Crippen LogP contribution in [0.5, 0.6) is 0 Å². The molecule has 2 rings (SSSR count). The molecule has 0 aromatic carbocycles. The van der Waals surface area contributed by atoms with Crippen molar-refractivity contribution in [1.82, 2.24) is 5.32 Å². The van der Waals surface area contributed by atoms with Gasteiger partial charge in [-0.2, -0.15) is 0 Å². The van der Waals surface area contributed by atoms with Crippen LogP contribution < -0.4 is 5.32 Å². The Morgan fingerprint density at radius 3 is 2.32 bits per heavy atom. The molecule has 0 bridgehead atoms. The number of carbonyl (C=O) groups is 2. The lowest BCUT2D eigenvalue weighted by molar-refractivity contribution is -0.188. The highest BCUT2D eigenvalue weighted by molar-refractivity contribution is 6.76. The maximum absolute atomic E-state index is 12.5. The Balaban J connectivity index is 2.44. The fraction of sp³-hybridized carbons (Fsp3) is 0.778. The molecule has 1 saturated carbocycles. The lowest BCUT2D eigenvalue weighted by Crippen LogP contribution is -2.67. The number of aliphatic hydroxyl groups is 1. The first kappa shape index (κ1) is 23.7. The van der Waals surface area contributed by atoms with Crippen molar-refractivity contribution in [2.45, 2.75) is 73.5 Å². The minimum absolute atomic E-state index is 0.0283. The zero-order valence-electron chi connectivity index (χ0n) is 16.3. The zero-order chi connectivity index (χ0) is 21.5. The van der Waals surface area contributed by atoms with E-state index >= 15 is 0 Å². The molecule has 1 amide bonds. The number of ether oxygens (including phenoxy) is 3. The minimum atomic E-state index is -2.20. The molecule has 2 aliphatic rings. The second-order valence-corrected chi connectivity index (χ2v) is 10.3. The molecular formula is C18H26Cl3NO6. The van der Waals surface area contributed by atoms with Crippen LogP contribution in [-0.2, 0) is 23.8 Å². The number of nitrogens with one attached hydrogen (secondary N) is 1. The van der Waals surface area contributed by atoms with Crippen LogP contribution in [0, 0.1) is 5.92 Å². The van der Waals surface area contributed by atoms with Crippen molar-refractivity contribution >= 4 is 46.7 Å². The molecule has 1 saturated heterocycles. The van der Waals surface area contributed by atoms with Crippen LogP contribution in [0.1, 0.15) is 40.5 Å². The molecule has 2 fully saturated rings. The van der Waals surface area contributed by atoms with E-state index in [0.717, 1.165) is 0 Å². The predicted octanol–water partition coefficient (Wildman–Crippen LogP) is 2.64. The normalized spacial score (nSPS) is 37.9. The molecule has 28 heavy (non-hydrogen) atoms. The summed E-state index contributed by atoms with van der Waals surface area (Å²) in [5, 5.41) is 13.7. The molecule has 5 atom stereocenters. The van der Waals surface area contributed by atoms with Crippen LogP contribution >= 0.6 is 34.8 Å². The highest BCUT2D eigenvalue weighted by Crippen LogP contribution is 2.46. The van der Waals surface area contributed by atoms with E-state index in [1.165, 1.54) is 13.0 Å². The Morgan fingerprint density at radius 1 is 1.29 bits per heavy atom. The van der Waals surface area contributed by atoms with Gasteiger partial charge in [-0.1, -0.05) is 40.9 Å². The van der Waals surface area contributed by atoms with Gasteiger partial charge in [-0.05, 0) is 27.2 Å². The molecule has 1 aliphatic carbocycles. The van der Waals surface area contributed by atoms with E-state index in [1.54, 1.807) is 20.8 Å². The van der Waals surface area contributed by atoms with Gasteiger partial charge in [-0.25, -0.2) is 0 Å². The third-order valence-electron chi connectivity index (χ3n) is 5.27. The van der Waals surface area contributed by atoms with Crippen molar-refractivity contribution in [1.29, 1.82) is 0 Å². The number of rotatable bonds is 4. The summed E-state index contributed by atoms with van der Waals surface area (Å²) in [6, 6.07) is 0. The Labute approximate surface area is 179 Å². The molecule has 1 aliphatic heterocycles. The summed E-state index contributed by atoms with van der Waals surface area (Å²) in [7, 11) is 0. The lowest BCUT2D eigenvalue weighted by Gasteiger charge is -2.52. The second-order valence-electron chi connectivity index (χ2n) is 8.03. The molecule has 0 radical (unpaired) electrons. The lowest BCUT2D eigenvalue weighted by atomic mass is 9.63. The molecule has 0 unspecified atom stereocenters. The monoisotopic (exact) mass is 457 g/mol. The van der Waals surface area contributed by atoms with Crippen LogP contribution in [-0.4, -0.2) is 56.5 Å². The summed E-state index contributed by atoms with van der Waals surface area (Å²) < 4.78 is 14.8. The molecule has 160 valence electrons. The molecule has 7 nitrogen and oxygen atoms in total. The van der Waals surface area contributed by atoms with Gasteiger partial charge in [-0.3, -0.25) is 9.59 Å². The molecule has 10 heteroatoms. The van der Waals surface area contributed by atoms with Crippen LogP contribution in [0.2, 0.25) is 0 Å². The van der Waals surface area contributed by atoms with Crippen molar-refractivity contribution in [3.8, 4) is 0 Å². The third kappa shape index (κ3) is 5.12. The average molecular weight is 459 g/mol. The maximum Gasteiger partial charge on any atom is 0.303 e. The molecule has 0 aromatic heterocycles. The highest BCUT2D eigenvalue weighted by atomic mass is 35.6. The first-order valence-electron chi connectivity index (χ1n) is 8.86. The minimum Gasteiger partial charge on any atom is -0.459 e. The van der Waals surface area contributed by atoms with Gasteiger partial charge in [-0.15, -0.1) is 6.58 Å². The number of halogens is 3. The van der Waals surface area contributed by atoms with E-state index in [-0.39, 0.29) is 19.4 Å². The predicted molar refractivity (Wildman–Crippen MR) is 105 cm³/mol. The molecule has 0 spiro atoms. The fourth-order valence-corrected chi connectivity index (χ4v) is 4.04. The molecule has 0 aromatic rings. The first-order chi connectivity index (χ1) is 12.6. The largest absolute Gasteiger partial charge is 0.459 e. The maximum atomic E-state index is 12.5. The highest BCUT2D eigenvalue weighted by Gasteiger charge is 2.58. The van der Waals surface area contributed by atoms with E-state index < -0.39 is 50.7 Å². The Kier molecular flexibility index (Phi) is 6.71. The summed E-state index contributed by atoms with van der Waals surface area (Å²) in [4.78, 5) is 24.0. The summed E-state index contributed by atoms with van der Waals surface area (Å²) >= 11 is 17.2. The van der Waals surface area contributed by atoms with Crippen molar-refractivity contribution in [2.24, 2.45) is 5.92 Å². The van der Waals surface area contributed by atoms with Crippen LogP contribution in [0.15, 0.2) is 12.7 Å². The van der Waals surface area contributed by atoms with Gasteiger partial charge in [0.15, 0.2) is 5.79 Å². The summed E-state index contributed by atoms with van der Waals surface area (Å²) in [5.41, 5.74) is -2.54. The molecular weight excluding hydrogens is 433 g/mol. The number of carbonyl (C=O) groups excluding carboxylic acids is 2. The number of hydrogen-bond donors (Lipinski definition) is 2. The van der Waals surface area contributed by atoms with E-state index in [9.17, 15) is 14.7 Å². The third-order valence-corrected chi connectivity index (χ3v) is 5.78. The quantitative estimate of drug-likeness (QED) is 0.382. The van der Waals surface area contributed by atoms with Gasteiger partial charge in [0.2, 0.25) is 0 Å². The topological polar surface area (TPSA) is 94.1 Å². The van der Waals surface area contributed by atoms with Crippen LogP contribution in [0.4, 0.5) is 0 Å². The van der Waals surface area contributed by atoms with Gasteiger partial charge >= 0.3 is 5.97 Å². The number of alkyl halides is 3. The van der Waals surface area contributed by atoms with Gasteiger partial charge in [0, 0.05) is 19.3 Å². The number of amides is 1. The van der Waals surface area contributed by atoms with E-state index in [4.69, 9.17) is 49.0 Å². The zero-order valence-corrected chi connectivity index (χ0v) is 18.5. The van der Waals surface area contributed by atoms with Crippen molar-refractivity contribution < 1.29 is 28.9 Å². The van der Waals surface area contributed by atoms with Crippen molar-refractivity contribution in [3.63, 3.8) is 0 Å². The van der Waals surface area contributed by atoms with Crippen LogP contribution in [0.3, 0.4) is 0 Å². The Bertz CT molecular complexity index is 648. The van der Waals surface area contributed by atoms with Crippen molar-refractivity contribution in [3.05, 3.63) is 12.7 Å². The van der Waals surface area contributed by atoms with E-state index in [0.29, 0.717) is 0 Å². The van der Waals surface area contributed by atoms with Gasteiger partial charge < -0.3 is 24.6 Å². The van der Waals surface area contributed by atoms with E-state index in [2.05, 4.69) is 11.9 Å². The molecule has 2 N–H and O–H groups in total. The Hall–Kier alpha value is -0.570.